The van der Waals surface area contributed by atoms with E-state index in [-0.39, 0.29) is 6.04 Å². The molecule has 0 fully saturated rings. The summed E-state index contributed by atoms with van der Waals surface area (Å²) < 4.78 is 5.25. The van der Waals surface area contributed by atoms with Gasteiger partial charge in [0.05, 0.1) is 7.11 Å². The molecular formula is C16H25NO. The zero-order valence-electron chi connectivity index (χ0n) is 11.8. The summed E-state index contributed by atoms with van der Waals surface area (Å²) in [6.45, 7) is 7.82. The van der Waals surface area contributed by atoms with Crippen LogP contribution < -0.4 is 10.5 Å². The molecule has 100 valence electrons. The minimum Gasteiger partial charge on any atom is -0.497 e. The van der Waals surface area contributed by atoms with Crippen molar-refractivity contribution < 1.29 is 4.74 Å². The van der Waals surface area contributed by atoms with E-state index in [1.807, 2.05) is 26.0 Å². The molecule has 0 aliphatic heterocycles. The molecule has 1 aromatic rings. The number of allylic oxidation sites excluding steroid dienone is 1. The summed E-state index contributed by atoms with van der Waals surface area (Å²) in [6, 6.07) is 6.57. The summed E-state index contributed by atoms with van der Waals surface area (Å²) in [4.78, 5) is 0. The van der Waals surface area contributed by atoms with Gasteiger partial charge in [0.2, 0.25) is 0 Å². The fraction of sp³-hybridized carbons (Fsp3) is 0.500. The van der Waals surface area contributed by atoms with Crippen LogP contribution in [-0.2, 0) is 6.42 Å². The van der Waals surface area contributed by atoms with E-state index >= 15 is 0 Å². The third-order valence-corrected chi connectivity index (χ3v) is 3.43. The van der Waals surface area contributed by atoms with Crippen molar-refractivity contribution in [1.82, 2.24) is 0 Å². The quantitative estimate of drug-likeness (QED) is 0.827. The predicted octanol–water partition coefficient (Wildman–Crippen LogP) is 3.65. The summed E-state index contributed by atoms with van der Waals surface area (Å²) in [5.41, 5.74) is 8.93. The smallest absolute Gasteiger partial charge is 0.119 e. The number of ether oxygens (including phenoxy) is 1. The van der Waals surface area contributed by atoms with Gasteiger partial charge in [-0.2, -0.15) is 0 Å². The lowest BCUT2D eigenvalue weighted by molar-refractivity contribution is 0.411. The van der Waals surface area contributed by atoms with Gasteiger partial charge in [-0.3, -0.25) is 0 Å². The fourth-order valence-corrected chi connectivity index (χ4v) is 2.52. The Bertz CT molecular complexity index is 387. The zero-order chi connectivity index (χ0) is 13.5. The van der Waals surface area contributed by atoms with Crippen LogP contribution in [0.25, 0.3) is 0 Å². The van der Waals surface area contributed by atoms with Gasteiger partial charge in [-0.25, -0.2) is 0 Å². The van der Waals surface area contributed by atoms with Crippen LogP contribution in [0.4, 0.5) is 0 Å². The highest BCUT2D eigenvalue weighted by atomic mass is 16.5. The molecule has 2 atom stereocenters. The van der Waals surface area contributed by atoms with E-state index in [1.54, 1.807) is 7.11 Å². The van der Waals surface area contributed by atoms with E-state index in [1.165, 1.54) is 11.1 Å². The van der Waals surface area contributed by atoms with Crippen LogP contribution in [0.15, 0.2) is 30.9 Å². The second-order valence-electron chi connectivity index (χ2n) is 4.40. The topological polar surface area (TPSA) is 35.2 Å². The van der Waals surface area contributed by atoms with Crippen molar-refractivity contribution in [3.63, 3.8) is 0 Å². The molecule has 0 amide bonds. The molecule has 1 aromatic carbocycles. The Morgan fingerprint density at radius 3 is 2.78 bits per heavy atom. The number of hydrogen-bond donors (Lipinski definition) is 1. The largest absolute Gasteiger partial charge is 0.497 e. The molecule has 2 rings (SSSR count). The summed E-state index contributed by atoms with van der Waals surface area (Å²) in [7, 11) is 1.71. The van der Waals surface area contributed by atoms with Crippen LogP contribution >= 0.6 is 0 Å². The van der Waals surface area contributed by atoms with Crippen molar-refractivity contribution in [3.05, 3.63) is 42.0 Å². The first-order chi connectivity index (χ1) is 8.76. The van der Waals surface area contributed by atoms with Crippen molar-refractivity contribution in [2.45, 2.75) is 45.1 Å². The average Bonchev–Trinajstić information content (AvgIpc) is 2.44. The van der Waals surface area contributed by atoms with E-state index in [4.69, 9.17) is 10.5 Å². The van der Waals surface area contributed by atoms with Crippen LogP contribution in [0.2, 0.25) is 0 Å². The Labute approximate surface area is 111 Å². The number of aryl methyl sites for hydroxylation is 1. The first kappa shape index (κ1) is 14.8. The van der Waals surface area contributed by atoms with Crippen LogP contribution in [0, 0.1) is 0 Å². The Morgan fingerprint density at radius 2 is 2.17 bits per heavy atom. The van der Waals surface area contributed by atoms with Gasteiger partial charge in [0.1, 0.15) is 5.75 Å². The molecule has 0 heterocycles. The number of hydrogen-bond acceptors (Lipinski definition) is 2. The normalized spacial score (nSPS) is 21.3. The van der Waals surface area contributed by atoms with Gasteiger partial charge >= 0.3 is 0 Å². The van der Waals surface area contributed by atoms with Crippen molar-refractivity contribution in [1.29, 1.82) is 0 Å². The van der Waals surface area contributed by atoms with Gasteiger partial charge in [0, 0.05) is 12.0 Å². The molecular weight excluding hydrogens is 222 g/mol. The molecule has 1 aliphatic rings. The van der Waals surface area contributed by atoms with Gasteiger partial charge in [-0.15, -0.1) is 6.58 Å². The molecule has 0 saturated heterocycles. The third kappa shape index (κ3) is 3.14. The minimum absolute atomic E-state index is 0.263. The van der Waals surface area contributed by atoms with Gasteiger partial charge in [0.25, 0.3) is 0 Å². The zero-order valence-corrected chi connectivity index (χ0v) is 11.8. The van der Waals surface area contributed by atoms with Gasteiger partial charge in [-0.05, 0) is 42.5 Å². The predicted molar refractivity (Wildman–Crippen MR) is 78.2 cm³/mol. The Kier molecular flexibility index (Phi) is 5.93. The van der Waals surface area contributed by atoms with Gasteiger partial charge < -0.3 is 10.5 Å². The molecule has 2 nitrogen and oxygen atoms in total. The van der Waals surface area contributed by atoms with E-state index in [0.717, 1.165) is 25.0 Å². The summed E-state index contributed by atoms with van der Waals surface area (Å²) in [6.07, 6.45) is 5.03. The van der Waals surface area contributed by atoms with Crippen LogP contribution in [0.5, 0.6) is 5.75 Å². The number of methoxy groups -OCH3 is 1. The second-order valence-corrected chi connectivity index (χ2v) is 4.40. The van der Waals surface area contributed by atoms with E-state index in [0.29, 0.717) is 5.92 Å². The SMILES string of the molecule is C=CCC1c2ccc(OC)cc2CCC1N.CC. The van der Waals surface area contributed by atoms with Crippen LogP contribution in [0.3, 0.4) is 0 Å². The standard InChI is InChI=1S/C14H19NO.C2H6/c1-3-4-13-12-7-6-11(16-2)9-10(12)5-8-14(13)15;1-2/h3,6-7,9,13-14H,1,4-5,8,15H2,2H3;1-2H3. The fourth-order valence-electron chi connectivity index (χ4n) is 2.52. The van der Waals surface area contributed by atoms with Crippen LogP contribution in [0.1, 0.15) is 43.7 Å². The van der Waals surface area contributed by atoms with Crippen LogP contribution in [-0.4, -0.2) is 13.2 Å². The van der Waals surface area contributed by atoms with E-state index in [9.17, 15) is 0 Å². The molecule has 2 heteroatoms. The number of nitrogens with two attached hydrogens (primary N) is 1. The summed E-state index contributed by atoms with van der Waals surface area (Å²) in [5, 5.41) is 0. The lowest BCUT2D eigenvalue weighted by Crippen LogP contribution is -2.32. The first-order valence-electron chi connectivity index (χ1n) is 6.79. The average molecular weight is 247 g/mol. The molecule has 1 aliphatic carbocycles. The highest BCUT2D eigenvalue weighted by molar-refractivity contribution is 5.40. The number of fused-ring (bicyclic) bond motifs is 1. The van der Waals surface area contributed by atoms with Crippen molar-refractivity contribution >= 4 is 0 Å². The Balaban J connectivity index is 0.000000771. The molecule has 0 saturated carbocycles. The maximum absolute atomic E-state index is 6.17. The Hall–Kier alpha value is -1.28. The van der Waals surface area contributed by atoms with Crippen molar-refractivity contribution in [3.8, 4) is 5.75 Å². The van der Waals surface area contributed by atoms with Gasteiger partial charge in [0.15, 0.2) is 0 Å². The third-order valence-electron chi connectivity index (χ3n) is 3.43. The Morgan fingerprint density at radius 1 is 1.44 bits per heavy atom. The number of rotatable bonds is 3. The van der Waals surface area contributed by atoms with Gasteiger partial charge in [-0.1, -0.05) is 26.0 Å². The molecule has 0 radical (unpaired) electrons. The highest BCUT2D eigenvalue weighted by Crippen LogP contribution is 2.35. The molecule has 2 N–H and O–H groups in total. The van der Waals surface area contributed by atoms with E-state index < -0.39 is 0 Å². The number of benzene rings is 1. The molecule has 2 unspecified atom stereocenters. The molecule has 0 bridgehead atoms. The van der Waals surface area contributed by atoms with Crippen molar-refractivity contribution in [2.75, 3.05) is 7.11 Å². The molecule has 0 spiro atoms. The highest BCUT2D eigenvalue weighted by Gasteiger charge is 2.25. The molecule has 18 heavy (non-hydrogen) atoms. The lowest BCUT2D eigenvalue weighted by Gasteiger charge is -2.30. The summed E-state index contributed by atoms with van der Waals surface area (Å²) in [5.74, 6) is 1.36. The maximum Gasteiger partial charge on any atom is 0.119 e. The summed E-state index contributed by atoms with van der Waals surface area (Å²) >= 11 is 0. The monoisotopic (exact) mass is 247 g/mol. The van der Waals surface area contributed by atoms with E-state index in [2.05, 4.69) is 18.7 Å². The lowest BCUT2D eigenvalue weighted by atomic mass is 9.78. The molecule has 0 aromatic heterocycles. The minimum atomic E-state index is 0.263. The second kappa shape index (κ2) is 7.22. The maximum atomic E-state index is 6.17. The van der Waals surface area contributed by atoms with Crippen molar-refractivity contribution in [2.24, 2.45) is 5.73 Å². The first-order valence-corrected chi connectivity index (χ1v) is 6.79.